The third-order valence-electron chi connectivity index (χ3n) is 3.40. The van der Waals surface area contributed by atoms with Gasteiger partial charge < -0.3 is 9.88 Å². The van der Waals surface area contributed by atoms with Crippen LogP contribution in [0.3, 0.4) is 0 Å². The molecule has 0 saturated heterocycles. The summed E-state index contributed by atoms with van der Waals surface area (Å²) in [6, 6.07) is 10.1. The predicted octanol–water partition coefficient (Wildman–Crippen LogP) is 3.39. The summed E-state index contributed by atoms with van der Waals surface area (Å²) in [5.74, 6) is 0.636. The zero-order valence-electron chi connectivity index (χ0n) is 13.5. The van der Waals surface area contributed by atoms with Crippen molar-refractivity contribution in [3.63, 3.8) is 0 Å². The summed E-state index contributed by atoms with van der Waals surface area (Å²) in [4.78, 5) is 23.6. The van der Waals surface area contributed by atoms with E-state index in [9.17, 15) is 9.59 Å². The maximum atomic E-state index is 12.0. The van der Waals surface area contributed by atoms with Gasteiger partial charge in [-0.15, -0.1) is 10.2 Å². The number of hydrogen-bond donors (Lipinski definition) is 1. The van der Waals surface area contributed by atoms with Crippen LogP contribution in [0.1, 0.15) is 17.7 Å². The molecule has 0 aliphatic heterocycles. The van der Waals surface area contributed by atoms with E-state index < -0.39 is 0 Å². The first-order valence-corrected chi connectivity index (χ1v) is 10.2. The standard InChI is InChI=1S/C16H16N4O2S3/c1-11-9-24-16(22)20(11)8-7-13(21)17-14-18-19-15(25-14)23-10-12-5-3-2-4-6-12/h2-6,9H,7-8,10H2,1H3,(H,17,18,21). The highest BCUT2D eigenvalue weighted by molar-refractivity contribution is 8.00. The van der Waals surface area contributed by atoms with Gasteiger partial charge in [0, 0.05) is 29.8 Å². The molecule has 0 aliphatic carbocycles. The van der Waals surface area contributed by atoms with Crippen molar-refractivity contribution in [1.82, 2.24) is 14.8 Å². The van der Waals surface area contributed by atoms with Crippen LogP contribution < -0.4 is 10.2 Å². The molecule has 0 spiro atoms. The summed E-state index contributed by atoms with van der Waals surface area (Å²) in [5.41, 5.74) is 2.09. The first-order chi connectivity index (χ1) is 12.1. The number of aromatic nitrogens is 3. The van der Waals surface area contributed by atoms with Gasteiger partial charge >= 0.3 is 4.87 Å². The second-order valence-corrected chi connectivity index (χ2v) is 8.26. The Balaban J connectivity index is 1.49. The largest absolute Gasteiger partial charge is 0.307 e. The Bertz CT molecular complexity index is 902. The van der Waals surface area contributed by atoms with Gasteiger partial charge in [-0.05, 0) is 12.5 Å². The smallest absolute Gasteiger partial charge is 0.303 e. The highest BCUT2D eigenvalue weighted by Gasteiger charge is 2.10. The summed E-state index contributed by atoms with van der Waals surface area (Å²) < 4.78 is 2.41. The summed E-state index contributed by atoms with van der Waals surface area (Å²) in [6.45, 7) is 2.23. The van der Waals surface area contributed by atoms with Crippen molar-refractivity contribution in [2.24, 2.45) is 0 Å². The van der Waals surface area contributed by atoms with Crippen molar-refractivity contribution >= 4 is 45.5 Å². The van der Waals surface area contributed by atoms with Crippen LogP contribution in [0.2, 0.25) is 0 Å². The van der Waals surface area contributed by atoms with E-state index in [0.717, 1.165) is 27.1 Å². The molecule has 0 atom stereocenters. The van der Waals surface area contributed by atoms with Gasteiger partial charge in [0.25, 0.3) is 0 Å². The SMILES string of the molecule is Cc1csc(=O)n1CCC(=O)Nc1nnc(SCc2ccccc2)s1. The van der Waals surface area contributed by atoms with E-state index in [-0.39, 0.29) is 17.2 Å². The van der Waals surface area contributed by atoms with E-state index in [2.05, 4.69) is 27.6 Å². The van der Waals surface area contributed by atoms with Crippen LogP contribution in [-0.2, 0) is 17.1 Å². The average Bonchev–Trinajstić information content (AvgIpc) is 3.19. The number of aryl methyl sites for hydroxylation is 1. The van der Waals surface area contributed by atoms with Gasteiger partial charge in [0.05, 0.1) is 0 Å². The molecule has 1 N–H and O–H groups in total. The third kappa shape index (κ3) is 5.00. The first-order valence-electron chi connectivity index (χ1n) is 7.57. The molecule has 0 saturated carbocycles. The Hall–Kier alpha value is -1.97. The van der Waals surface area contributed by atoms with Crippen molar-refractivity contribution in [2.45, 2.75) is 30.0 Å². The highest BCUT2D eigenvalue weighted by Crippen LogP contribution is 2.28. The molecule has 1 aromatic carbocycles. The minimum Gasteiger partial charge on any atom is -0.303 e. The summed E-state index contributed by atoms with van der Waals surface area (Å²) in [7, 11) is 0. The number of nitrogens with zero attached hydrogens (tertiary/aromatic N) is 3. The molecule has 0 unspecified atom stereocenters. The fraction of sp³-hybridized carbons (Fsp3) is 0.250. The number of carbonyl (C=O) groups excluding carboxylic acids is 1. The number of benzene rings is 1. The lowest BCUT2D eigenvalue weighted by molar-refractivity contribution is -0.116. The van der Waals surface area contributed by atoms with Gasteiger partial charge in [0.2, 0.25) is 11.0 Å². The third-order valence-corrected chi connectivity index (χ3v) is 6.32. The molecule has 130 valence electrons. The van der Waals surface area contributed by atoms with Gasteiger partial charge in [-0.2, -0.15) is 0 Å². The zero-order chi connectivity index (χ0) is 17.6. The Labute approximate surface area is 156 Å². The van der Waals surface area contributed by atoms with E-state index in [0.29, 0.717) is 11.7 Å². The Morgan fingerprint density at radius 1 is 1.28 bits per heavy atom. The molecule has 0 aliphatic rings. The summed E-state index contributed by atoms with van der Waals surface area (Å²) in [6.07, 6.45) is 0.226. The first kappa shape index (κ1) is 17.8. The maximum absolute atomic E-state index is 12.0. The maximum Gasteiger partial charge on any atom is 0.307 e. The van der Waals surface area contributed by atoms with Crippen LogP contribution in [0.15, 0.2) is 44.8 Å². The average molecular weight is 393 g/mol. The molecule has 0 fully saturated rings. The predicted molar refractivity (Wildman–Crippen MR) is 102 cm³/mol. The molecule has 0 bridgehead atoms. The van der Waals surface area contributed by atoms with Crippen LogP contribution in [0.5, 0.6) is 0 Å². The van der Waals surface area contributed by atoms with Crippen molar-refractivity contribution < 1.29 is 4.79 Å². The Morgan fingerprint density at radius 2 is 2.08 bits per heavy atom. The fourth-order valence-corrected chi connectivity index (χ4v) is 4.59. The fourth-order valence-electron chi connectivity index (χ4n) is 2.11. The molecule has 3 aromatic rings. The van der Waals surface area contributed by atoms with E-state index >= 15 is 0 Å². The molecule has 0 radical (unpaired) electrons. The number of thioether (sulfide) groups is 1. The van der Waals surface area contributed by atoms with E-state index in [1.54, 1.807) is 21.7 Å². The minimum atomic E-state index is -0.173. The van der Waals surface area contributed by atoms with E-state index in [4.69, 9.17) is 0 Å². The van der Waals surface area contributed by atoms with Gasteiger partial charge in [-0.3, -0.25) is 9.59 Å². The quantitative estimate of drug-likeness (QED) is 0.493. The summed E-state index contributed by atoms with van der Waals surface area (Å²) >= 11 is 4.08. The number of nitrogens with one attached hydrogen (secondary N) is 1. The second kappa shape index (κ2) is 8.41. The van der Waals surface area contributed by atoms with Crippen molar-refractivity contribution in [2.75, 3.05) is 5.32 Å². The lowest BCUT2D eigenvalue weighted by Gasteiger charge is -2.03. The topological polar surface area (TPSA) is 76.9 Å². The van der Waals surface area contributed by atoms with Crippen LogP contribution in [0.25, 0.3) is 0 Å². The van der Waals surface area contributed by atoms with E-state index in [1.807, 2.05) is 25.1 Å². The summed E-state index contributed by atoms with van der Waals surface area (Å²) in [5, 5.41) is 13.1. The normalized spacial score (nSPS) is 10.8. The molecule has 2 heterocycles. The monoisotopic (exact) mass is 392 g/mol. The lowest BCUT2D eigenvalue weighted by Crippen LogP contribution is -2.20. The van der Waals surface area contributed by atoms with Crippen molar-refractivity contribution in [3.8, 4) is 0 Å². The molecule has 3 rings (SSSR count). The number of anilines is 1. The number of thiazole rings is 1. The number of carbonyl (C=O) groups is 1. The van der Waals surface area contributed by atoms with Gasteiger partial charge in [-0.25, -0.2) is 0 Å². The molecule has 1 amide bonds. The zero-order valence-corrected chi connectivity index (χ0v) is 15.9. The molecular weight excluding hydrogens is 376 g/mol. The number of hydrogen-bond acceptors (Lipinski definition) is 7. The number of rotatable bonds is 7. The molecule has 9 heteroatoms. The van der Waals surface area contributed by atoms with Crippen molar-refractivity contribution in [3.05, 3.63) is 56.6 Å². The molecule has 2 aromatic heterocycles. The van der Waals surface area contributed by atoms with Crippen LogP contribution >= 0.6 is 34.4 Å². The van der Waals surface area contributed by atoms with E-state index in [1.165, 1.54) is 16.9 Å². The lowest BCUT2D eigenvalue weighted by atomic mass is 10.2. The van der Waals surface area contributed by atoms with Crippen LogP contribution in [0.4, 0.5) is 5.13 Å². The molecular formula is C16H16N4O2S3. The van der Waals surface area contributed by atoms with Gasteiger partial charge in [-0.1, -0.05) is 64.8 Å². The second-order valence-electron chi connectivity index (χ2n) is 5.24. The van der Waals surface area contributed by atoms with Gasteiger partial charge in [0.1, 0.15) is 0 Å². The van der Waals surface area contributed by atoms with Gasteiger partial charge in [0.15, 0.2) is 4.34 Å². The van der Waals surface area contributed by atoms with Crippen molar-refractivity contribution in [1.29, 1.82) is 0 Å². The number of amides is 1. The Morgan fingerprint density at radius 3 is 2.80 bits per heavy atom. The van der Waals surface area contributed by atoms with Crippen LogP contribution in [0, 0.1) is 6.92 Å². The van der Waals surface area contributed by atoms with Crippen LogP contribution in [-0.4, -0.2) is 20.7 Å². The molecule has 25 heavy (non-hydrogen) atoms. The molecule has 6 nitrogen and oxygen atoms in total. The highest BCUT2D eigenvalue weighted by atomic mass is 32.2. The Kier molecular flexibility index (Phi) is 6.00. The minimum absolute atomic E-state index is 0.0409.